The summed E-state index contributed by atoms with van der Waals surface area (Å²) in [4.78, 5) is 24.4. The van der Waals surface area contributed by atoms with Gasteiger partial charge in [-0.2, -0.15) is 0 Å². The summed E-state index contributed by atoms with van der Waals surface area (Å²) < 4.78 is 11.1. The number of methoxy groups -OCH3 is 1. The first kappa shape index (κ1) is 17.2. The van der Waals surface area contributed by atoms with E-state index in [2.05, 4.69) is 5.32 Å². The Hall–Kier alpha value is -2.64. The largest absolute Gasteiger partial charge is 0.493 e. The predicted molar refractivity (Wildman–Crippen MR) is 101 cm³/mol. The highest BCUT2D eigenvalue weighted by atomic mass is 32.2. The average Bonchev–Trinajstić information content (AvgIpc) is 2.94. The van der Waals surface area contributed by atoms with Gasteiger partial charge in [-0.15, -0.1) is 0 Å². The molecule has 5 nitrogen and oxygen atoms in total. The van der Waals surface area contributed by atoms with Gasteiger partial charge in [-0.1, -0.05) is 48.2 Å². The molecule has 1 saturated heterocycles. The molecule has 0 saturated carbocycles. The maximum atomic E-state index is 12.2. The summed E-state index contributed by atoms with van der Waals surface area (Å²) >= 11 is 6.16. The van der Waals surface area contributed by atoms with E-state index >= 15 is 0 Å². The molecule has 0 aromatic heterocycles. The summed E-state index contributed by atoms with van der Waals surface area (Å²) in [6, 6.07) is 13.7. The van der Waals surface area contributed by atoms with E-state index in [9.17, 15) is 9.59 Å². The minimum absolute atomic E-state index is 0.228. The quantitative estimate of drug-likeness (QED) is 0.385. The Labute approximate surface area is 154 Å². The molecule has 0 aliphatic carbocycles. The molecular weight excluding hydrogens is 358 g/mol. The van der Waals surface area contributed by atoms with Crippen LogP contribution in [-0.4, -0.2) is 23.3 Å². The molecule has 25 heavy (non-hydrogen) atoms. The Balaban J connectivity index is 1.83. The van der Waals surface area contributed by atoms with E-state index in [0.717, 1.165) is 5.56 Å². The summed E-state index contributed by atoms with van der Waals surface area (Å²) in [6.45, 7) is 0. The third-order valence-corrected chi connectivity index (χ3v) is 4.50. The van der Waals surface area contributed by atoms with Gasteiger partial charge < -0.3 is 14.8 Å². The molecule has 1 heterocycles. The Morgan fingerprint density at radius 3 is 2.56 bits per heavy atom. The highest BCUT2D eigenvalue weighted by Gasteiger charge is 2.22. The minimum Gasteiger partial charge on any atom is -0.493 e. The number of hydrogen-bond donors (Lipinski definition) is 1. The van der Waals surface area contributed by atoms with Gasteiger partial charge in [-0.3, -0.25) is 4.79 Å². The van der Waals surface area contributed by atoms with Crippen LogP contribution in [0.25, 0.3) is 6.08 Å². The van der Waals surface area contributed by atoms with Crippen LogP contribution in [0.5, 0.6) is 11.5 Å². The fraction of sp³-hybridized carbons (Fsp3) is 0.0556. The van der Waals surface area contributed by atoms with Gasteiger partial charge in [0.25, 0.3) is 5.91 Å². The fourth-order valence-corrected chi connectivity index (χ4v) is 3.21. The second kappa shape index (κ2) is 7.50. The van der Waals surface area contributed by atoms with Gasteiger partial charge in [0.1, 0.15) is 4.32 Å². The second-order valence-electron chi connectivity index (χ2n) is 5.02. The zero-order valence-electron chi connectivity index (χ0n) is 13.1. The van der Waals surface area contributed by atoms with Crippen molar-refractivity contribution >= 4 is 46.3 Å². The molecule has 2 aromatic carbocycles. The van der Waals surface area contributed by atoms with Crippen LogP contribution in [0.2, 0.25) is 0 Å². The van der Waals surface area contributed by atoms with E-state index < -0.39 is 5.97 Å². The number of ether oxygens (including phenoxy) is 2. The molecule has 2 aromatic rings. The Kier molecular flexibility index (Phi) is 5.16. The number of thioether (sulfide) groups is 1. The topological polar surface area (TPSA) is 64.6 Å². The van der Waals surface area contributed by atoms with Crippen molar-refractivity contribution in [1.29, 1.82) is 0 Å². The van der Waals surface area contributed by atoms with Crippen molar-refractivity contribution in [2.24, 2.45) is 0 Å². The van der Waals surface area contributed by atoms with Gasteiger partial charge in [0.15, 0.2) is 11.5 Å². The SMILES string of the molecule is COc1cc(/C=C2\SC(=S)NC2=O)ccc1OC(=O)c1ccccc1. The minimum atomic E-state index is -0.471. The zero-order valence-corrected chi connectivity index (χ0v) is 14.8. The molecule has 1 aliphatic heterocycles. The first-order valence-electron chi connectivity index (χ1n) is 7.27. The molecule has 1 N–H and O–H groups in total. The third-order valence-electron chi connectivity index (χ3n) is 3.34. The summed E-state index contributed by atoms with van der Waals surface area (Å²) in [5.41, 5.74) is 1.18. The number of carbonyl (C=O) groups is 2. The van der Waals surface area contributed by atoms with E-state index in [0.29, 0.717) is 26.3 Å². The van der Waals surface area contributed by atoms with Crippen LogP contribution in [0.3, 0.4) is 0 Å². The number of thiocarbonyl (C=S) groups is 1. The lowest BCUT2D eigenvalue weighted by Gasteiger charge is -2.10. The molecule has 1 aliphatic rings. The van der Waals surface area contributed by atoms with Crippen molar-refractivity contribution in [1.82, 2.24) is 5.32 Å². The van der Waals surface area contributed by atoms with Crippen molar-refractivity contribution in [2.75, 3.05) is 7.11 Å². The Morgan fingerprint density at radius 1 is 1.16 bits per heavy atom. The monoisotopic (exact) mass is 371 g/mol. The molecule has 0 unspecified atom stereocenters. The number of hydrogen-bond acceptors (Lipinski definition) is 6. The summed E-state index contributed by atoms with van der Waals surface area (Å²) in [7, 11) is 1.48. The van der Waals surface area contributed by atoms with E-state index in [-0.39, 0.29) is 5.91 Å². The van der Waals surface area contributed by atoms with E-state index in [1.165, 1.54) is 18.9 Å². The molecular formula is C18H13NO4S2. The Morgan fingerprint density at radius 2 is 1.92 bits per heavy atom. The van der Waals surface area contributed by atoms with Crippen LogP contribution in [0.1, 0.15) is 15.9 Å². The maximum Gasteiger partial charge on any atom is 0.343 e. The molecule has 0 spiro atoms. The van der Waals surface area contributed by atoms with Crippen LogP contribution in [0.4, 0.5) is 0 Å². The molecule has 1 fully saturated rings. The molecule has 1 amide bonds. The van der Waals surface area contributed by atoms with E-state index in [4.69, 9.17) is 21.7 Å². The lowest BCUT2D eigenvalue weighted by atomic mass is 10.2. The van der Waals surface area contributed by atoms with Gasteiger partial charge in [0, 0.05) is 0 Å². The number of esters is 1. The first-order valence-corrected chi connectivity index (χ1v) is 8.49. The smallest absolute Gasteiger partial charge is 0.343 e. The van der Waals surface area contributed by atoms with Crippen molar-refractivity contribution < 1.29 is 19.1 Å². The second-order valence-corrected chi connectivity index (χ2v) is 6.74. The van der Waals surface area contributed by atoms with Crippen molar-refractivity contribution in [3.8, 4) is 11.5 Å². The number of carbonyl (C=O) groups excluding carboxylic acids is 2. The van der Waals surface area contributed by atoms with Crippen molar-refractivity contribution in [2.45, 2.75) is 0 Å². The normalized spacial score (nSPS) is 15.2. The molecule has 0 radical (unpaired) electrons. The van der Waals surface area contributed by atoms with Gasteiger partial charge in [0.05, 0.1) is 17.6 Å². The summed E-state index contributed by atoms with van der Waals surface area (Å²) in [5, 5.41) is 2.56. The number of benzene rings is 2. The lowest BCUT2D eigenvalue weighted by molar-refractivity contribution is -0.115. The molecule has 7 heteroatoms. The highest BCUT2D eigenvalue weighted by molar-refractivity contribution is 8.26. The number of rotatable bonds is 4. The van der Waals surface area contributed by atoms with Gasteiger partial charge in [0.2, 0.25) is 0 Å². The summed E-state index contributed by atoms with van der Waals surface area (Å²) in [6.07, 6.45) is 1.70. The van der Waals surface area contributed by atoms with E-state index in [1.54, 1.807) is 48.5 Å². The molecule has 126 valence electrons. The van der Waals surface area contributed by atoms with Crippen LogP contribution < -0.4 is 14.8 Å². The zero-order chi connectivity index (χ0) is 17.8. The number of amides is 1. The standard InChI is InChI=1S/C18H13NO4S2/c1-22-14-9-11(10-15-16(20)19-18(24)25-15)7-8-13(14)23-17(21)12-5-3-2-4-6-12/h2-10H,1H3,(H,19,20,24)/b15-10-. The fourth-order valence-electron chi connectivity index (χ4n) is 2.16. The van der Waals surface area contributed by atoms with Crippen LogP contribution in [0.15, 0.2) is 53.4 Å². The highest BCUT2D eigenvalue weighted by Crippen LogP contribution is 2.32. The third kappa shape index (κ3) is 4.07. The van der Waals surface area contributed by atoms with Crippen LogP contribution in [0, 0.1) is 0 Å². The Bertz CT molecular complexity index is 878. The maximum absolute atomic E-state index is 12.2. The predicted octanol–water partition coefficient (Wildman–Crippen LogP) is 3.40. The summed E-state index contributed by atoms with van der Waals surface area (Å²) in [5.74, 6) is -0.00297. The molecule has 3 rings (SSSR count). The van der Waals surface area contributed by atoms with Crippen LogP contribution >= 0.6 is 24.0 Å². The molecule has 0 bridgehead atoms. The van der Waals surface area contributed by atoms with Gasteiger partial charge >= 0.3 is 5.97 Å². The van der Waals surface area contributed by atoms with Crippen molar-refractivity contribution in [3.05, 3.63) is 64.6 Å². The van der Waals surface area contributed by atoms with Gasteiger partial charge in [-0.05, 0) is 35.9 Å². The molecule has 0 atom stereocenters. The van der Waals surface area contributed by atoms with Gasteiger partial charge in [-0.25, -0.2) is 4.79 Å². The van der Waals surface area contributed by atoms with Crippen molar-refractivity contribution in [3.63, 3.8) is 0 Å². The first-order chi connectivity index (χ1) is 12.1. The van der Waals surface area contributed by atoms with E-state index in [1.807, 2.05) is 6.07 Å². The number of nitrogens with one attached hydrogen (secondary N) is 1. The lowest BCUT2D eigenvalue weighted by Crippen LogP contribution is -2.17. The van der Waals surface area contributed by atoms with Crippen LogP contribution in [-0.2, 0) is 4.79 Å². The average molecular weight is 371 g/mol.